The second-order valence-electron chi connectivity index (χ2n) is 13.7. The van der Waals surface area contributed by atoms with Crippen molar-refractivity contribution in [3.8, 4) is 22.3 Å². The SMILES string of the molecule is Cc1cccc(-c2cccc3[cH-]c([Si](c4cc5c(-c6cccc(C)c6)cccc5[cH-]4)(C4CCCC4)C4CCCC4)cc23)c1.[CH3-].[CH3-].[Hf+4]. The third-order valence-corrected chi connectivity index (χ3v) is 17.3. The minimum atomic E-state index is -2.12. The molecule has 2 fully saturated rings. The van der Waals surface area contributed by atoms with Crippen molar-refractivity contribution in [1.29, 1.82) is 0 Å². The smallest absolute Gasteiger partial charge is 0.358 e. The summed E-state index contributed by atoms with van der Waals surface area (Å²) in [7, 11) is -2.12. The van der Waals surface area contributed by atoms with E-state index >= 15 is 0 Å². The largest absolute Gasteiger partial charge is 4.00 e. The zero-order chi connectivity index (χ0) is 29.0. The van der Waals surface area contributed by atoms with Crippen molar-refractivity contribution in [2.45, 2.75) is 76.3 Å². The molecule has 0 bridgehead atoms. The second kappa shape index (κ2) is 14.1. The molecule has 0 radical (unpaired) electrons. The third-order valence-electron chi connectivity index (χ3n) is 11.1. The Labute approximate surface area is 297 Å². The van der Waals surface area contributed by atoms with E-state index < -0.39 is 8.07 Å². The molecule has 2 saturated carbocycles. The fourth-order valence-corrected chi connectivity index (χ4v) is 16.4. The molecule has 2 aliphatic carbocycles. The van der Waals surface area contributed by atoms with Gasteiger partial charge >= 0.3 is 25.8 Å². The number of fused-ring (bicyclic) bond motifs is 2. The summed E-state index contributed by atoms with van der Waals surface area (Å²) in [4.78, 5) is 0. The Morgan fingerprint density at radius 3 is 1.30 bits per heavy atom. The predicted octanol–water partition coefficient (Wildman–Crippen LogP) is 11.7. The van der Waals surface area contributed by atoms with E-state index in [-0.39, 0.29) is 40.7 Å². The Bertz CT molecular complexity index is 1780. The fourth-order valence-electron chi connectivity index (χ4n) is 9.28. The molecule has 0 N–H and O–H groups in total. The van der Waals surface area contributed by atoms with Crippen LogP contribution in [0.4, 0.5) is 0 Å². The van der Waals surface area contributed by atoms with Crippen molar-refractivity contribution in [2.24, 2.45) is 0 Å². The minimum absolute atomic E-state index is 0. The Balaban J connectivity index is 0.00000139. The van der Waals surface area contributed by atoms with E-state index in [1.165, 1.54) is 106 Å². The molecule has 0 saturated heterocycles. The quantitative estimate of drug-likeness (QED) is 0.117. The number of hydrogen-bond acceptors (Lipinski definition) is 0. The van der Waals surface area contributed by atoms with Crippen molar-refractivity contribution in [2.75, 3.05) is 0 Å². The summed E-state index contributed by atoms with van der Waals surface area (Å²) < 4.78 is 0. The maximum atomic E-state index is 2.69. The molecule has 232 valence electrons. The summed E-state index contributed by atoms with van der Waals surface area (Å²) in [6.45, 7) is 4.42. The van der Waals surface area contributed by atoms with Gasteiger partial charge in [-0.25, -0.2) is 0 Å². The molecular formula is C44H48HfSi. The summed E-state index contributed by atoms with van der Waals surface area (Å²) in [5.74, 6) is 0. The standard InChI is InChI=1S/C42H42Si.2CH3.Hf/c1-29-11-7-13-31(23-29)39-21-9-15-33-25-37(27-41(33)39)43(35-17-3-4-18-35,36-19-5-6-20-36)38-26-34-16-10-22-40(42(34)28-38)32-14-8-12-30(2)24-32;;;/h7-16,21-28,35-36H,3-6,17-20H2,1-2H3;2*1H3;/q-2;2*-1;+4. The minimum Gasteiger partial charge on any atom is -0.358 e. The van der Waals surface area contributed by atoms with Gasteiger partial charge in [-0.15, -0.1) is 68.3 Å². The van der Waals surface area contributed by atoms with Crippen LogP contribution in [0, 0.1) is 28.7 Å². The summed E-state index contributed by atoms with van der Waals surface area (Å²) in [6.07, 6.45) is 11.2. The van der Waals surface area contributed by atoms with Crippen LogP contribution in [-0.4, -0.2) is 8.07 Å². The van der Waals surface area contributed by atoms with E-state index in [2.05, 4.69) is 123 Å². The molecule has 2 aliphatic rings. The van der Waals surface area contributed by atoms with Gasteiger partial charge in [0, 0.05) is 0 Å². The molecule has 0 aromatic heterocycles. The van der Waals surface area contributed by atoms with E-state index in [9.17, 15) is 0 Å². The summed E-state index contributed by atoms with van der Waals surface area (Å²) in [5.41, 5.74) is 9.79. The molecule has 6 aromatic rings. The molecule has 0 spiro atoms. The molecule has 0 amide bonds. The van der Waals surface area contributed by atoms with Gasteiger partial charge in [0.25, 0.3) is 0 Å². The molecule has 46 heavy (non-hydrogen) atoms. The summed E-state index contributed by atoms with van der Waals surface area (Å²) in [6, 6.07) is 42.9. The van der Waals surface area contributed by atoms with Crippen molar-refractivity contribution < 1.29 is 25.8 Å². The Morgan fingerprint density at radius 2 is 0.913 bits per heavy atom. The van der Waals surface area contributed by atoms with Gasteiger partial charge in [0.1, 0.15) is 0 Å². The molecule has 6 aromatic carbocycles. The summed E-state index contributed by atoms with van der Waals surface area (Å²) in [5, 5.41) is 9.19. The second-order valence-corrected chi connectivity index (χ2v) is 18.2. The van der Waals surface area contributed by atoms with Crippen molar-refractivity contribution in [3.05, 3.63) is 135 Å². The zero-order valence-electron chi connectivity index (χ0n) is 28.2. The van der Waals surface area contributed by atoms with Crippen LogP contribution < -0.4 is 10.4 Å². The van der Waals surface area contributed by atoms with Gasteiger partial charge in [-0.1, -0.05) is 134 Å². The Morgan fingerprint density at radius 1 is 0.522 bits per heavy atom. The monoisotopic (exact) mass is 784 g/mol. The van der Waals surface area contributed by atoms with Gasteiger partial charge in [0.2, 0.25) is 0 Å². The number of benzene rings is 4. The average Bonchev–Trinajstić information content (AvgIpc) is 3.84. The van der Waals surface area contributed by atoms with Gasteiger partial charge < -0.3 is 14.9 Å². The van der Waals surface area contributed by atoms with Crippen molar-refractivity contribution >= 4 is 40.0 Å². The average molecular weight is 783 g/mol. The molecule has 0 nitrogen and oxygen atoms in total. The van der Waals surface area contributed by atoms with Gasteiger partial charge in [-0.2, -0.15) is 12.1 Å². The van der Waals surface area contributed by atoms with Gasteiger partial charge in [-0.3, -0.25) is 0 Å². The van der Waals surface area contributed by atoms with E-state index in [0.29, 0.717) is 0 Å². The number of hydrogen-bond donors (Lipinski definition) is 0. The first-order valence-corrected chi connectivity index (χ1v) is 18.8. The van der Waals surface area contributed by atoms with Crippen LogP contribution in [0.1, 0.15) is 62.5 Å². The van der Waals surface area contributed by atoms with Crippen LogP contribution >= 0.6 is 0 Å². The van der Waals surface area contributed by atoms with Crippen LogP contribution in [0.5, 0.6) is 0 Å². The molecule has 8 rings (SSSR count). The molecular weight excluding hydrogens is 735 g/mol. The van der Waals surface area contributed by atoms with Crippen LogP contribution in [0.25, 0.3) is 43.8 Å². The Kier molecular flexibility index (Phi) is 10.6. The molecule has 0 atom stereocenters. The topological polar surface area (TPSA) is 0 Å². The Hall–Kier alpha value is -2.81. The van der Waals surface area contributed by atoms with Gasteiger partial charge in [-0.05, 0) is 36.1 Å². The third kappa shape index (κ3) is 5.79. The van der Waals surface area contributed by atoms with E-state index in [1.807, 2.05) is 0 Å². The molecule has 2 heteroatoms. The molecule has 0 heterocycles. The first-order valence-electron chi connectivity index (χ1n) is 16.7. The van der Waals surface area contributed by atoms with Crippen LogP contribution in [0.15, 0.2) is 109 Å². The molecule has 0 aliphatic heterocycles. The van der Waals surface area contributed by atoms with Gasteiger partial charge in [0.15, 0.2) is 0 Å². The first kappa shape index (κ1) is 34.5. The fraction of sp³-hybridized carbons (Fsp3) is 0.273. The zero-order valence-corrected chi connectivity index (χ0v) is 32.8. The van der Waals surface area contributed by atoms with Crippen LogP contribution in [-0.2, 0) is 25.8 Å². The molecule has 0 unspecified atom stereocenters. The van der Waals surface area contributed by atoms with E-state index in [1.54, 1.807) is 10.4 Å². The van der Waals surface area contributed by atoms with Gasteiger partial charge in [0.05, 0.1) is 8.07 Å². The van der Waals surface area contributed by atoms with Crippen molar-refractivity contribution in [1.82, 2.24) is 0 Å². The summed E-state index contributed by atoms with van der Waals surface area (Å²) >= 11 is 0. The maximum Gasteiger partial charge on any atom is 4.00 e. The maximum absolute atomic E-state index is 2.69. The first-order chi connectivity index (χ1) is 21.1. The normalized spacial score (nSPS) is 15.5. The number of aryl methyl sites for hydroxylation is 2. The van der Waals surface area contributed by atoms with E-state index in [0.717, 1.165) is 11.1 Å². The van der Waals surface area contributed by atoms with Crippen LogP contribution in [0.2, 0.25) is 11.1 Å². The predicted molar refractivity (Wildman–Crippen MR) is 202 cm³/mol. The number of rotatable bonds is 6. The van der Waals surface area contributed by atoms with Crippen LogP contribution in [0.3, 0.4) is 0 Å². The van der Waals surface area contributed by atoms with Crippen molar-refractivity contribution in [3.63, 3.8) is 0 Å². The van der Waals surface area contributed by atoms with E-state index in [4.69, 9.17) is 0 Å².